The van der Waals surface area contributed by atoms with E-state index in [2.05, 4.69) is 33.5 Å². The lowest BCUT2D eigenvalue weighted by Gasteiger charge is -2.27. The van der Waals surface area contributed by atoms with Crippen LogP contribution in [-0.4, -0.2) is 5.91 Å². The highest BCUT2D eigenvalue weighted by Crippen LogP contribution is 2.43. The van der Waals surface area contributed by atoms with Crippen LogP contribution in [0.2, 0.25) is 0 Å². The maximum absolute atomic E-state index is 12.7. The molecule has 1 aliphatic carbocycles. The summed E-state index contributed by atoms with van der Waals surface area (Å²) in [5, 5.41) is 7.68. The fraction of sp³-hybridized carbons (Fsp3) is 0.389. The summed E-state index contributed by atoms with van der Waals surface area (Å²) in [6, 6.07) is 8.07. The van der Waals surface area contributed by atoms with Gasteiger partial charge in [0.2, 0.25) is 0 Å². The summed E-state index contributed by atoms with van der Waals surface area (Å²) in [6.07, 6.45) is 4.43. The van der Waals surface area contributed by atoms with Gasteiger partial charge in [-0.05, 0) is 48.4 Å². The average molecular weight is 391 g/mol. The molecule has 0 radical (unpaired) electrons. The number of hydrogen-bond acceptors (Lipinski definition) is 3. The molecule has 0 saturated heterocycles. The predicted molar refractivity (Wildman–Crippen MR) is 98.1 cm³/mol. The first-order valence-corrected chi connectivity index (χ1v) is 9.74. The van der Waals surface area contributed by atoms with Crippen molar-refractivity contribution in [3.05, 3.63) is 50.3 Å². The molecule has 0 saturated carbocycles. The van der Waals surface area contributed by atoms with E-state index in [1.165, 1.54) is 23.3 Å². The maximum atomic E-state index is 12.7. The van der Waals surface area contributed by atoms with Crippen molar-refractivity contribution in [3.63, 3.8) is 0 Å². The maximum Gasteiger partial charge on any atom is 0.256 e. The number of benzene rings is 1. The molecule has 2 heterocycles. The number of fused-ring (bicyclic) bond motifs is 3. The molecular formula is C18H19BrN2OS. The van der Waals surface area contributed by atoms with Gasteiger partial charge in [0.25, 0.3) is 5.91 Å². The quantitative estimate of drug-likeness (QED) is 0.766. The minimum Gasteiger partial charge on any atom is -0.353 e. The first-order chi connectivity index (χ1) is 11.2. The zero-order valence-electron chi connectivity index (χ0n) is 13.0. The van der Waals surface area contributed by atoms with Crippen LogP contribution in [0.1, 0.15) is 52.3 Å². The lowest BCUT2D eigenvalue weighted by Crippen LogP contribution is -2.38. The second-order valence-electron chi connectivity index (χ2n) is 6.33. The Labute approximate surface area is 148 Å². The number of halogens is 1. The number of rotatable bonds is 2. The second kappa shape index (κ2) is 5.95. The Bertz CT molecular complexity index is 770. The molecule has 0 spiro atoms. The van der Waals surface area contributed by atoms with Gasteiger partial charge in [-0.3, -0.25) is 4.79 Å². The van der Waals surface area contributed by atoms with Crippen LogP contribution in [0.25, 0.3) is 0 Å². The van der Waals surface area contributed by atoms with Gasteiger partial charge in [0.1, 0.15) is 11.2 Å². The highest BCUT2D eigenvalue weighted by atomic mass is 79.9. The van der Waals surface area contributed by atoms with Gasteiger partial charge in [0, 0.05) is 9.35 Å². The second-order valence-corrected chi connectivity index (χ2v) is 8.35. The Morgan fingerprint density at radius 3 is 3.00 bits per heavy atom. The summed E-state index contributed by atoms with van der Waals surface area (Å²) in [5.41, 5.74) is 3.24. The SMILES string of the molecule is CCC1CCc2c(sc3c2C(=O)NC(c2cccc(Br)c2)N3)C1. The Kier molecular flexibility index (Phi) is 3.93. The molecule has 120 valence electrons. The van der Waals surface area contributed by atoms with E-state index in [-0.39, 0.29) is 12.1 Å². The normalized spacial score (nSPS) is 22.8. The van der Waals surface area contributed by atoms with Crippen LogP contribution >= 0.6 is 27.3 Å². The van der Waals surface area contributed by atoms with E-state index in [1.54, 1.807) is 11.3 Å². The lowest BCUT2D eigenvalue weighted by molar-refractivity contribution is 0.0935. The van der Waals surface area contributed by atoms with Crippen LogP contribution in [-0.2, 0) is 12.8 Å². The van der Waals surface area contributed by atoms with Crippen LogP contribution in [0.15, 0.2) is 28.7 Å². The number of nitrogens with one attached hydrogen (secondary N) is 2. The average Bonchev–Trinajstić information content (AvgIpc) is 2.92. The van der Waals surface area contributed by atoms with Gasteiger partial charge < -0.3 is 10.6 Å². The van der Waals surface area contributed by atoms with Crippen LogP contribution in [0.5, 0.6) is 0 Å². The van der Waals surface area contributed by atoms with Crippen molar-refractivity contribution in [1.29, 1.82) is 0 Å². The zero-order valence-corrected chi connectivity index (χ0v) is 15.4. The molecule has 0 bridgehead atoms. The van der Waals surface area contributed by atoms with Crippen LogP contribution < -0.4 is 10.6 Å². The van der Waals surface area contributed by atoms with Crippen molar-refractivity contribution >= 4 is 38.2 Å². The first-order valence-electron chi connectivity index (χ1n) is 8.13. The van der Waals surface area contributed by atoms with Crippen LogP contribution in [0.4, 0.5) is 5.00 Å². The number of amides is 1. The molecule has 2 N–H and O–H groups in total. The van der Waals surface area contributed by atoms with Crippen LogP contribution in [0.3, 0.4) is 0 Å². The van der Waals surface area contributed by atoms with Gasteiger partial charge in [-0.2, -0.15) is 0 Å². The largest absolute Gasteiger partial charge is 0.353 e. The Morgan fingerprint density at radius 1 is 1.35 bits per heavy atom. The van der Waals surface area contributed by atoms with E-state index in [1.807, 2.05) is 24.3 Å². The van der Waals surface area contributed by atoms with E-state index in [0.29, 0.717) is 0 Å². The number of thiophene rings is 1. The number of anilines is 1. The molecule has 0 fully saturated rings. The molecule has 2 aliphatic rings. The topological polar surface area (TPSA) is 41.1 Å². The van der Waals surface area contributed by atoms with E-state index in [0.717, 1.165) is 39.4 Å². The van der Waals surface area contributed by atoms with Gasteiger partial charge in [-0.25, -0.2) is 0 Å². The summed E-state index contributed by atoms with van der Waals surface area (Å²) < 4.78 is 1.02. The standard InChI is InChI=1S/C18H19BrN2OS/c1-2-10-6-7-13-14(8-10)23-18-15(13)17(22)20-16(21-18)11-4-3-5-12(19)9-11/h3-5,9-10,16,21H,2,6-8H2,1H3,(H,20,22). The third kappa shape index (κ3) is 2.70. The van der Waals surface area contributed by atoms with Crippen molar-refractivity contribution < 1.29 is 4.79 Å². The summed E-state index contributed by atoms with van der Waals surface area (Å²) in [7, 11) is 0. The molecule has 2 unspecified atom stereocenters. The summed E-state index contributed by atoms with van der Waals surface area (Å²) in [4.78, 5) is 14.1. The minimum absolute atomic E-state index is 0.0659. The number of hydrogen-bond donors (Lipinski definition) is 2. The van der Waals surface area contributed by atoms with Crippen molar-refractivity contribution in [2.75, 3.05) is 5.32 Å². The Morgan fingerprint density at radius 2 is 2.22 bits per heavy atom. The summed E-state index contributed by atoms with van der Waals surface area (Å²) in [6.45, 7) is 2.26. The zero-order chi connectivity index (χ0) is 16.0. The smallest absolute Gasteiger partial charge is 0.256 e. The van der Waals surface area contributed by atoms with Crippen molar-refractivity contribution in [2.45, 2.75) is 38.8 Å². The fourth-order valence-electron chi connectivity index (χ4n) is 3.57. The summed E-state index contributed by atoms with van der Waals surface area (Å²) >= 11 is 5.28. The molecule has 1 aromatic carbocycles. The Balaban J connectivity index is 1.68. The number of carbonyl (C=O) groups excluding carboxylic acids is 1. The fourth-order valence-corrected chi connectivity index (χ4v) is 5.37. The molecule has 2 atom stereocenters. The molecule has 4 rings (SSSR count). The van der Waals surface area contributed by atoms with Gasteiger partial charge in [0.05, 0.1) is 5.56 Å². The van der Waals surface area contributed by atoms with E-state index in [4.69, 9.17) is 0 Å². The van der Waals surface area contributed by atoms with Gasteiger partial charge >= 0.3 is 0 Å². The van der Waals surface area contributed by atoms with E-state index < -0.39 is 0 Å². The third-order valence-electron chi connectivity index (χ3n) is 4.90. The lowest BCUT2D eigenvalue weighted by atomic mass is 9.85. The molecular weight excluding hydrogens is 372 g/mol. The molecule has 3 nitrogen and oxygen atoms in total. The highest BCUT2D eigenvalue weighted by molar-refractivity contribution is 9.10. The van der Waals surface area contributed by atoms with Gasteiger partial charge in [0.15, 0.2) is 0 Å². The first kappa shape index (κ1) is 15.2. The van der Waals surface area contributed by atoms with Gasteiger partial charge in [-0.15, -0.1) is 11.3 Å². The Hall–Kier alpha value is -1.33. The predicted octanol–water partition coefficient (Wildman–Crippen LogP) is 4.88. The molecule has 2 aromatic rings. The molecule has 23 heavy (non-hydrogen) atoms. The van der Waals surface area contributed by atoms with Crippen molar-refractivity contribution in [1.82, 2.24) is 5.32 Å². The molecule has 1 amide bonds. The van der Waals surface area contributed by atoms with E-state index in [9.17, 15) is 4.79 Å². The highest BCUT2D eigenvalue weighted by Gasteiger charge is 2.33. The summed E-state index contributed by atoms with van der Waals surface area (Å²) in [5.74, 6) is 0.836. The minimum atomic E-state index is -0.158. The van der Waals surface area contributed by atoms with E-state index >= 15 is 0 Å². The van der Waals surface area contributed by atoms with Crippen molar-refractivity contribution in [3.8, 4) is 0 Å². The molecule has 1 aliphatic heterocycles. The monoisotopic (exact) mass is 390 g/mol. The molecule has 1 aromatic heterocycles. The van der Waals surface area contributed by atoms with Crippen molar-refractivity contribution in [2.24, 2.45) is 5.92 Å². The van der Waals surface area contributed by atoms with Gasteiger partial charge in [-0.1, -0.05) is 41.4 Å². The number of carbonyl (C=O) groups is 1. The van der Waals surface area contributed by atoms with Crippen LogP contribution in [0, 0.1) is 5.92 Å². The molecule has 5 heteroatoms. The third-order valence-corrected chi connectivity index (χ3v) is 6.58.